The average Bonchev–Trinajstić information content (AvgIpc) is 3.39. The van der Waals surface area contributed by atoms with Crippen LogP contribution in [0.5, 0.6) is 0 Å². The fraction of sp³-hybridized carbons (Fsp3) is 0.450. The van der Waals surface area contributed by atoms with Crippen molar-refractivity contribution >= 4 is 48.2 Å². The van der Waals surface area contributed by atoms with Gasteiger partial charge < -0.3 is 10.2 Å². The predicted molar refractivity (Wildman–Crippen MR) is 117 cm³/mol. The Kier molecular flexibility index (Phi) is 5.77. The number of sulfonamides is 1. The van der Waals surface area contributed by atoms with Crippen LogP contribution in [0.25, 0.3) is 15.8 Å². The number of carbonyl (C=O) groups is 1. The Morgan fingerprint density at radius 2 is 2.23 bits per heavy atom. The number of aromatic nitrogens is 1. The number of nitrogens with one attached hydrogen (secondary N) is 1. The number of anilines is 1. The molecule has 1 aromatic carbocycles. The molecule has 0 radical (unpaired) electrons. The van der Waals surface area contributed by atoms with Crippen molar-refractivity contribution in [1.82, 2.24) is 14.2 Å². The largest absolute Gasteiger partial charge is 0.310 e. The summed E-state index contributed by atoms with van der Waals surface area (Å²) in [4.78, 5) is 18.6. The molecule has 2 aliphatic rings. The molecule has 158 valence electrons. The van der Waals surface area contributed by atoms with Gasteiger partial charge in [-0.25, -0.2) is 13.4 Å². The second-order valence-corrected chi connectivity index (χ2v) is 10.7. The number of benzene rings is 1. The SMILES string of the molecule is CCS(=O)(=O)N1CC=C(c2ccc3nc(NC(=O)[C@H]4CCN(C#N)C4)sc3c2)CC1. The molecular formula is C20H23N5O3S2. The van der Waals surface area contributed by atoms with E-state index in [9.17, 15) is 13.2 Å². The Morgan fingerprint density at radius 3 is 2.90 bits per heavy atom. The quantitative estimate of drug-likeness (QED) is 0.709. The lowest BCUT2D eigenvalue weighted by Gasteiger charge is -2.25. The summed E-state index contributed by atoms with van der Waals surface area (Å²) in [5, 5.41) is 12.4. The summed E-state index contributed by atoms with van der Waals surface area (Å²) >= 11 is 1.42. The number of rotatable bonds is 5. The zero-order valence-electron chi connectivity index (χ0n) is 16.7. The number of thiazole rings is 1. The highest BCUT2D eigenvalue weighted by Crippen LogP contribution is 2.31. The molecule has 2 aliphatic heterocycles. The highest BCUT2D eigenvalue weighted by atomic mass is 32.2. The van der Waals surface area contributed by atoms with Gasteiger partial charge in [-0.3, -0.25) is 4.79 Å². The molecule has 30 heavy (non-hydrogen) atoms. The molecule has 2 aromatic rings. The van der Waals surface area contributed by atoms with E-state index < -0.39 is 10.0 Å². The zero-order chi connectivity index (χ0) is 21.3. The molecule has 0 spiro atoms. The highest BCUT2D eigenvalue weighted by Gasteiger charge is 2.28. The predicted octanol–water partition coefficient (Wildman–Crippen LogP) is 2.48. The summed E-state index contributed by atoms with van der Waals surface area (Å²) in [7, 11) is -3.16. The van der Waals surface area contributed by atoms with Gasteiger partial charge in [-0.1, -0.05) is 23.5 Å². The smallest absolute Gasteiger partial charge is 0.231 e. The van der Waals surface area contributed by atoms with Crippen molar-refractivity contribution in [2.45, 2.75) is 19.8 Å². The fourth-order valence-corrected chi connectivity index (χ4v) is 5.74. The van der Waals surface area contributed by atoms with Crippen LogP contribution in [0.15, 0.2) is 24.3 Å². The molecule has 1 atom stereocenters. The van der Waals surface area contributed by atoms with E-state index in [1.807, 2.05) is 24.3 Å². The van der Waals surface area contributed by atoms with Crippen LogP contribution in [-0.4, -0.2) is 60.4 Å². The third-order valence-corrected chi connectivity index (χ3v) is 8.40. The van der Waals surface area contributed by atoms with Crippen LogP contribution in [0.4, 0.5) is 5.13 Å². The van der Waals surface area contributed by atoms with Crippen LogP contribution in [0.2, 0.25) is 0 Å². The first kappa shape index (κ1) is 20.8. The van der Waals surface area contributed by atoms with Crippen molar-refractivity contribution in [3.8, 4) is 6.19 Å². The van der Waals surface area contributed by atoms with E-state index in [2.05, 4.69) is 16.5 Å². The Bertz CT molecular complexity index is 1150. The van der Waals surface area contributed by atoms with Crippen molar-refractivity contribution in [2.75, 3.05) is 37.2 Å². The van der Waals surface area contributed by atoms with E-state index in [-0.39, 0.29) is 17.6 Å². The Labute approximate surface area is 179 Å². The van der Waals surface area contributed by atoms with Gasteiger partial charge in [-0.15, -0.1) is 0 Å². The van der Waals surface area contributed by atoms with E-state index in [1.54, 1.807) is 11.8 Å². The summed E-state index contributed by atoms with van der Waals surface area (Å²) in [6.45, 7) is 3.62. The molecule has 1 saturated heterocycles. The molecule has 8 nitrogen and oxygen atoms in total. The van der Waals surface area contributed by atoms with Gasteiger partial charge in [0.05, 0.1) is 21.9 Å². The van der Waals surface area contributed by atoms with Crippen molar-refractivity contribution in [3.63, 3.8) is 0 Å². The average molecular weight is 446 g/mol. The highest BCUT2D eigenvalue weighted by molar-refractivity contribution is 7.89. The van der Waals surface area contributed by atoms with Gasteiger partial charge in [0.25, 0.3) is 0 Å². The van der Waals surface area contributed by atoms with E-state index >= 15 is 0 Å². The number of fused-ring (bicyclic) bond motifs is 1. The molecule has 1 N–H and O–H groups in total. The molecule has 3 heterocycles. The van der Waals surface area contributed by atoms with Crippen molar-refractivity contribution in [3.05, 3.63) is 29.8 Å². The lowest BCUT2D eigenvalue weighted by atomic mass is 10.0. The zero-order valence-corrected chi connectivity index (χ0v) is 18.3. The van der Waals surface area contributed by atoms with Gasteiger partial charge in [0.2, 0.25) is 15.9 Å². The maximum atomic E-state index is 12.5. The van der Waals surface area contributed by atoms with Crippen molar-refractivity contribution in [2.24, 2.45) is 5.92 Å². The molecule has 1 aromatic heterocycles. The van der Waals surface area contributed by atoms with E-state index in [1.165, 1.54) is 15.6 Å². The van der Waals surface area contributed by atoms with Gasteiger partial charge in [0, 0.05) is 26.2 Å². The van der Waals surface area contributed by atoms with E-state index in [4.69, 9.17) is 5.26 Å². The lowest BCUT2D eigenvalue weighted by molar-refractivity contribution is -0.119. The van der Waals surface area contributed by atoms with Gasteiger partial charge >= 0.3 is 0 Å². The number of nitrogens with zero attached hydrogens (tertiary/aromatic N) is 4. The fourth-order valence-electron chi connectivity index (χ4n) is 3.80. The molecule has 0 aliphatic carbocycles. The number of hydrogen-bond acceptors (Lipinski definition) is 7. The van der Waals surface area contributed by atoms with E-state index in [0.717, 1.165) is 21.4 Å². The van der Waals surface area contributed by atoms with Crippen LogP contribution in [0.1, 0.15) is 25.3 Å². The normalized spacial score (nSPS) is 20.2. The molecule has 0 bridgehead atoms. The molecule has 0 unspecified atom stereocenters. The van der Waals surface area contributed by atoms with Gasteiger partial charge in [-0.2, -0.15) is 9.57 Å². The molecule has 4 rings (SSSR count). The minimum Gasteiger partial charge on any atom is -0.310 e. The minimum absolute atomic E-state index is 0.0979. The molecule has 1 fully saturated rings. The molecular weight excluding hydrogens is 422 g/mol. The van der Waals surface area contributed by atoms with Crippen LogP contribution < -0.4 is 5.32 Å². The lowest BCUT2D eigenvalue weighted by Crippen LogP contribution is -2.35. The third-order valence-electron chi connectivity index (χ3n) is 5.62. The Balaban J connectivity index is 1.47. The monoisotopic (exact) mass is 445 g/mol. The second kappa shape index (κ2) is 8.34. The Hall–Kier alpha value is -2.48. The maximum Gasteiger partial charge on any atom is 0.231 e. The minimum atomic E-state index is -3.16. The number of nitriles is 1. The number of amides is 1. The number of carbonyl (C=O) groups excluding carboxylic acids is 1. The van der Waals surface area contributed by atoms with Gasteiger partial charge in [-0.05, 0) is 43.0 Å². The standard InChI is InChI=1S/C20H23N5O3S2/c1-2-30(27,28)25-9-6-14(7-10-25)15-3-4-17-18(11-15)29-20(22-17)23-19(26)16-5-8-24(12-16)13-21/h3-4,6,11,16H,2,5,7-10,12H2,1H3,(H,22,23,26)/t16-/m0/s1. The first-order valence-corrected chi connectivity index (χ1v) is 12.4. The summed E-state index contributed by atoms with van der Waals surface area (Å²) in [6, 6.07) is 5.97. The first-order valence-electron chi connectivity index (χ1n) is 9.93. The van der Waals surface area contributed by atoms with Crippen LogP contribution in [0.3, 0.4) is 0 Å². The van der Waals surface area contributed by atoms with Crippen molar-refractivity contribution < 1.29 is 13.2 Å². The maximum absolute atomic E-state index is 12.5. The van der Waals surface area contributed by atoms with Crippen LogP contribution in [-0.2, 0) is 14.8 Å². The summed E-state index contributed by atoms with van der Waals surface area (Å²) < 4.78 is 26.6. The third kappa shape index (κ3) is 4.19. The van der Waals surface area contributed by atoms with Crippen molar-refractivity contribution in [1.29, 1.82) is 5.26 Å². The summed E-state index contributed by atoms with van der Waals surface area (Å²) in [5.41, 5.74) is 3.00. The molecule has 0 saturated carbocycles. The van der Waals surface area contributed by atoms with E-state index in [0.29, 0.717) is 44.2 Å². The number of hydrogen-bond donors (Lipinski definition) is 1. The topological polar surface area (TPSA) is 106 Å². The van der Waals surface area contributed by atoms with Crippen LogP contribution >= 0.6 is 11.3 Å². The summed E-state index contributed by atoms with van der Waals surface area (Å²) in [6.07, 6.45) is 5.40. The van der Waals surface area contributed by atoms with Crippen LogP contribution in [0, 0.1) is 17.4 Å². The molecule has 1 amide bonds. The number of likely N-dealkylation sites (tertiary alicyclic amines) is 1. The first-order chi connectivity index (χ1) is 14.4. The van der Waals surface area contributed by atoms with Gasteiger partial charge in [0.1, 0.15) is 0 Å². The second-order valence-electron chi connectivity index (χ2n) is 7.46. The molecule has 10 heteroatoms. The summed E-state index contributed by atoms with van der Waals surface area (Å²) in [5.74, 6) is -0.173. The van der Waals surface area contributed by atoms with Gasteiger partial charge in [0.15, 0.2) is 11.3 Å². The Morgan fingerprint density at radius 1 is 1.40 bits per heavy atom.